The van der Waals surface area contributed by atoms with Crippen molar-refractivity contribution in [1.82, 2.24) is 0 Å². The molecular weight excluding hydrogens is 372 g/mol. The number of aliphatic hydroxyl groups excluding tert-OH is 1. The first-order valence-corrected chi connectivity index (χ1v) is 8.01. The third-order valence-electron chi connectivity index (χ3n) is 2.22. The van der Waals surface area contributed by atoms with Crippen LogP contribution in [0.3, 0.4) is 0 Å². The highest BCUT2D eigenvalue weighted by Crippen LogP contribution is 2.33. The summed E-state index contributed by atoms with van der Waals surface area (Å²) in [5, 5.41) is 12.1. The summed E-state index contributed by atoms with van der Waals surface area (Å²) in [6, 6.07) is 4.07. The third-order valence-corrected chi connectivity index (χ3v) is 6.18. The molecule has 86 valence electrons. The summed E-state index contributed by atoms with van der Waals surface area (Å²) in [5.41, 5.74) is 0. The molecule has 0 amide bonds. The molecule has 2 aromatic rings. The highest BCUT2D eigenvalue weighted by atomic mass is 79.9. The zero-order chi connectivity index (χ0) is 11.7. The summed E-state index contributed by atoms with van der Waals surface area (Å²) in [4.78, 5) is 3.43. The fourth-order valence-corrected chi connectivity index (χ4v) is 4.43. The molecule has 2 aromatic heterocycles. The SMILES string of the molecule is Cc1sc(C(O)Cc2cc(Br)cs2)cc1Br. The lowest BCUT2D eigenvalue weighted by molar-refractivity contribution is 0.183. The van der Waals surface area contributed by atoms with Gasteiger partial charge in [-0.15, -0.1) is 22.7 Å². The van der Waals surface area contributed by atoms with E-state index < -0.39 is 6.10 Å². The maximum atomic E-state index is 10.1. The maximum absolute atomic E-state index is 10.1. The van der Waals surface area contributed by atoms with Crippen LogP contribution in [-0.4, -0.2) is 5.11 Å². The predicted octanol–water partition coefficient (Wildman–Crippen LogP) is 4.92. The lowest BCUT2D eigenvalue weighted by Crippen LogP contribution is -1.97. The Kier molecular flexibility index (Phi) is 4.24. The summed E-state index contributed by atoms with van der Waals surface area (Å²) in [6.07, 6.45) is 0.281. The standard InChI is InChI=1S/C11H10Br2OS2/c1-6-9(13)4-11(16-6)10(14)3-8-2-7(12)5-15-8/h2,4-5,10,14H,3H2,1H3. The molecule has 0 aliphatic heterocycles. The molecule has 16 heavy (non-hydrogen) atoms. The van der Waals surface area contributed by atoms with E-state index in [-0.39, 0.29) is 0 Å². The molecule has 0 spiro atoms. The van der Waals surface area contributed by atoms with Crippen molar-refractivity contribution in [2.24, 2.45) is 0 Å². The minimum atomic E-state index is -0.402. The normalized spacial score (nSPS) is 13.0. The summed E-state index contributed by atoms with van der Waals surface area (Å²) >= 11 is 10.2. The van der Waals surface area contributed by atoms with Gasteiger partial charge in [0, 0.05) is 35.4 Å². The topological polar surface area (TPSA) is 20.2 Å². The molecule has 1 N–H and O–H groups in total. The van der Waals surface area contributed by atoms with Gasteiger partial charge in [-0.05, 0) is 50.9 Å². The lowest BCUT2D eigenvalue weighted by atomic mass is 10.2. The van der Waals surface area contributed by atoms with E-state index in [1.165, 1.54) is 9.75 Å². The zero-order valence-electron chi connectivity index (χ0n) is 8.54. The van der Waals surface area contributed by atoms with E-state index in [1.54, 1.807) is 22.7 Å². The van der Waals surface area contributed by atoms with Crippen molar-refractivity contribution in [2.45, 2.75) is 19.4 Å². The van der Waals surface area contributed by atoms with Gasteiger partial charge in [0.1, 0.15) is 0 Å². The summed E-state index contributed by atoms with van der Waals surface area (Å²) < 4.78 is 2.17. The minimum Gasteiger partial charge on any atom is -0.387 e. The van der Waals surface area contributed by atoms with Crippen LogP contribution in [0.2, 0.25) is 0 Å². The molecule has 0 aliphatic rings. The van der Waals surface area contributed by atoms with Crippen molar-refractivity contribution in [3.05, 3.63) is 41.1 Å². The minimum absolute atomic E-state index is 0.402. The smallest absolute Gasteiger partial charge is 0.0930 e. The van der Waals surface area contributed by atoms with Crippen molar-refractivity contribution < 1.29 is 5.11 Å². The van der Waals surface area contributed by atoms with Gasteiger partial charge in [-0.3, -0.25) is 0 Å². The zero-order valence-corrected chi connectivity index (χ0v) is 13.3. The van der Waals surface area contributed by atoms with Gasteiger partial charge < -0.3 is 5.11 Å². The number of aliphatic hydroxyl groups is 1. The summed E-state index contributed by atoms with van der Waals surface area (Å²) in [5.74, 6) is 0. The highest BCUT2D eigenvalue weighted by molar-refractivity contribution is 9.10. The van der Waals surface area contributed by atoms with Crippen molar-refractivity contribution in [2.75, 3.05) is 0 Å². The van der Waals surface area contributed by atoms with Gasteiger partial charge in [0.25, 0.3) is 0 Å². The average molecular weight is 382 g/mol. The fraction of sp³-hybridized carbons (Fsp3) is 0.273. The molecule has 0 radical (unpaired) electrons. The van der Waals surface area contributed by atoms with Gasteiger partial charge in [0.05, 0.1) is 6.10 Å². The van der Waals surface area contributed by atoms with Gasteiger partial charge in [-0.25, -0.2) is 0 Å². The molecular formula is C11H10Br2OS2. The van der Waals surface area contributed by atoms with Crippen molar-refractivity contribution in [3.8, 4) is 0 Å². The first kappa shape index (κ1) is 12.8. The first-order valence-electron chi connectivity index (χ1n) is 4.73. The van der Waals surface area contributed by atoms with Crippen molar-refractivity contribution in [3.63, 3.8) is 0 Å². The predicted molar refractivity (Wildman–Crippen MR) is 77.4 cm³/mol. The van der Waals surface area contributed by atoms with Crippen LogP contribution in [-0.2, 0) is 6.42 Å². The van der Waals surface area contributed by atoms with E-state index in [0.29, 0.717) is 6.42 Å². The fourth-order valence-electron chi connectivity index (χ4n) is 1.40. The quantitative estimate of drug-likeness (QED) is 0.799. The average Bonchev–Trinajstić information content (AvgIpc) is 2.75. The second kappa shape index (κ2) is 5.31. The third kappa shape index (κ3) is 2.96. The van der Waals surface area contributed by atoms with Crippen molar-refractivity contribution in [1.29, 1.82) is 0 Å². The number of aryl methyl sites for hydroxylation is 1. The van der Waals surface area contributed by atoms with E-state index in [2.05, 4.69) is 37.9 Å². The van der Waals surface area contributed by atoms with Crippen LogP contribution >= 0.6 is 54.5 Å². The van der Waals surface area contributed by atoms with E-state index >= 15 is 0 Å². The lowest BCUT2D eigenvalue weighted by Gasteiger charge is -2.05. The molecule has 0 aliphatic carbocycles. The second-order valence-corrected chi connectivity index (χ2v) is 7.56. The maximum Gasteiger partial charge on any atom is 0.0930 e. The van der Waals surface area contributed by atoms with Gasteiger partial charge in [-0.2, -0.15) is 0 Å². The molecule has 2 heterocycles. The molecule has 1 nitrogen and oxygen atoms in total. The van der Waals surface area contributed by atoms with E-state index in [1.807, 2.05) is 18.4 Å². The van der Waals surface area contributed by atoms with Gasteiger partial charge in [-0.1, -0.05) is 0 Å². The van der Waals surface area contributed by atoms with Crippen LogP contribution in [0.1, 0.15) is 20.7 Å². The van der Waals surface area contributed by atoms with Gasteiger partial charge in [0.2, 0.25) is 0 Å². The van der Waals surface area contributed by atoms with Crippen LogP contribution in [0.4, 0.5) is 0 Å². The molecule has 1 atom stereocenters. The van der Waals surface area contributed by atoms with Crippen molar-refractivity contribution >= 4 is 54.5 Å². The Labute approximate surface area is 119 Å². The molecule has 0 bridgehead atoms. The summed E-state index contributed by atoms with van der Waals surface area (Å²) in [7, 11) is 0. The number of hydrogen-bond donors (Lipinski definition) is 1. The molecule has 0 saturated heterocycles. The number of rotatable bonds is 3. The van der Waals surface area contributed by atoms with Crippen LogP contribution in [0.5, 0.6) is 0 Å². The molecule has 0 saturated carbocycles. The number of hydrogen-bond acceptors (Lipinski definition) is 3. The largest absolute Gasteiger partial charge is 0.387 e. The molecule has 5 heteroatoms. The van der Waals surface area contributed by atoms with Crippen LogP contribution in [0.15, 0.2) is 26.5 Å². The first-order chi connectivity index (χ1) is 7.56. The Morgan fingerprint density at radius 2 is 2.12 bits per heavy atom. The van der Waals surface area contributed by atoms with E-state index in [4.69, 9.17) is 0 Å². The van der Waals surface area contributed by atoms with Crippen LogP contribution < -0.4 is 0 Å². The molecule has 0 aromatic carbocycles. The van der Waals surface area contributed by atoms with Crippen LogP contribution in [0.25, 0.3) is 0 Å². The Morgan fingerprint density at radius 1 is 1.38 bits per heavy atom. The van der Waals surface area contributed by atoms with Gasteiger partial charge >= 0.3 is 0 Å². The monoisotopic (exact) mass is 380 g/mol. The second-order valence-electron chi connectivity index (χ2n) is 3.50. The highest BCUT2D eigenvalue weighted by Gasteiger charge is 2.13. The van der Waals surface area contributed by atoms with Crippen LogP contribution in [0, 0.1) is 6.92 Å². The van der Waals surface area contributed by atoms with E-state index in [9.17, 15) is 5.11 Å². The Morgan fingerprint density at radius 3 is 2.62 bits per heavy atom. The Bertz CT molecular complexity index is 470. The van der Waals surface area contributed by atoms with E-state index in [0.717, 1.165) is 13.8 Å². The molecule has 0 fully saturated rings. The van der Waals surface area contributed by atoms with Gasteiger partial charge in [0.15, 0.2) is 0 Å². The number of halogens is 2. The number of thiophene rings is 2. The summed E-state index contributed by atoms with van der Waals surface area (Å²) in [6.45, 7) is 2.05. The Balaban J connectivity index is 2.11. The molecule has 2 rings (SSSR count). The Hall–Kier alpha value is 0.320. The molecule has 1 unspecified atom stereocenters.